The molecule has 0 atom stereocenters. The molecule has 0 aliphatic rings. The molecule has 3 aromatic rings. The summed E-state index contributed by atoms with van der Waals surface area (Å²) >= 11 is 0. The first kappa shape index (κ1) is 15.4. The summed E-state index contributed by atoms with van der Waals surface area (Å²) in [5.41, 5.74) is 1.12. The third-order valence-electron chi connectivity index (χ3n) is 3.14. The quantitative estimate of drug-likeness (QED) is 0.756. The van der Waals surface area contributed by atoms with Crippen molar-refractivity contribution >= 4 is 23.1 Å². The van der Waals surface area contributed by atoms with Crippen molar-refractivity contribution in [3.63, 3.8) is 0 Å². The molecule has 2 aromatic carbocycles. The van der Waals surface area contributed by atoms with E-state index in [1.54, 1.807) is 30.3 Å². The highest BCUT2D eigenvalue weighted by Crippen LogP contribution is 2.21. The smallest absolute Gasteiger partial charge is 0.229 e. The fraction of sp³-hybridized carbons (Fsp3) is 0. The van der Waals surface area contributed by atoms with Gasteiger partial charge in [-0.3, -0.25) is 0 Å². The van der Waals surface area contributed by atoms with E-state index in [4.69, 9.17) is 5.26 Å². The molecule has 0 unspecified atom stereocenters. The molecule has 0 fully saturated rings. The molecular formula is C17H11F2N5. The van der Waals surface area contributed by atoms with Crippen molar-refractivity contribution in [1.82, 2.24) is 9.97 Å². The SMILES string of the molecule is N#Cc1ccccc1Nc1ccnc(Nc2ccc(F)cc2F)n1. The maximum Gasteiger partial charge on any atom is 0.229 e. The van der Waals surface area contributed by atoms with E-state index in [0.717, 1.165) is 12.1 Å². The van der Waals surface area contributed by atoms with Crippen LogP contribution in [0.3, 0.4) is 0 Å². The summed E-state index contributed by atoms with van der Waals surface area (Å²) in [7, 11) is 0. The molecule has 3 rings (SSSR count). The lowest BCUT2D eigenvalue weighted by molar-refractivity contribution is 0.586. The van der Waals surface area contributed by atoms with Gasteiger partial charge in [-0.1, -0.05) is 12.1 Å². The summed E-state index contributed by atoms with van der Waals surface area (Å²) in [6.07, 6.45) is 1.48. The van der Waals surface area contributed by atoms with Gasteiger partial charge in [-0.05, 0) is 30.3 Å². The second-order valence-corrected chi connectivity index (χ2v) is 4.80. The van der Waals surface area contributed by atoms with E-state index in [9.17, 15) is 8.78 Å². The molecule has 0 saturated heterocycles. The van der Waals surface area contributed by atoms with Gasteiger partial charge in [0.15, 0.2) is 0 Å². The Kier molecular flexibility index (Phi) is 4.29. The van der Waals surface area contributed by atoms with Gasteiger partial charge in [0.25, 0.3) is 0 Å². The Morgan fingerprint density at radius 1 is 0.958 bits per heavy atom. The standard InChI is InChI=1S/C17H11F2N5/c18-12-5-6-15(13(19)9-12)23-17-21-8-7-16(24-17)22-14-4-2-1-3-11(14)10-20/h1-9H,(H2,21,22,23,24). The van der Waals surface area contributed by atoms with E-state index in [2.05, 4.69) is 26.7 Å². The summed E-state index contributed by atoms with van der Waals surface area (Å²) in [6.45, 7) is 0. The van der Waals surface area contributed by atoms with Crippen molar-refractivity contribution in [2.75, 3.05) is 10.6 Å². The molecule has 0 spiro atoms. The molecule has 1 heterocycles. The lowest BCUT2D eigenvalue weighted by atomic mass is 10.2. The molecule has 24 heavy (non-hydrogen) atoms. The number of anilines is 4. The number of hydrogen-bond donors (Lipinski definition) is 2. The topological polar surface area (TPSA) is 73.6 Å². The Morgan fingerprint density at radius 2 is 1.79 bits per heavy atom. The molecule has 0 aliphatic heterocycles. The van der Waals surface area contributed by atoms with Crippen molar-refractivity contribution in [1.29, 1.82) is 5.26 Å². The molecule has 0 aliphatic carbocycles. The lowest BCUT2D eigenvalue weighted by Gasteiger charge is -2.10. The largest absolute Gasteiger partial charge is 0.339 e. The van der Waals surface area contributed by atoms with Crippen molar-refractivity contribution in [2.45, 2.75) is 0 Å². The summed E-state index contributed by atoms with van der Waals surface area (Å²) in [5.74, 6) is -0.841. The average molecular weight is 323 g/mol. The number of nitriles is 1. The van der Waals surface area contributed by atoms with Gasteiger partial charge in [-0.2, -0.15) is 10.2 Å². The number of halogens is 2. The molecule has 0 amide bonds. The molecule has 2 N–H and O–H groups in total. The van der Waals surface area contributed by atoms with Crippen LogP contribution in [0.5, 0.6) is 0 Å². The number of nitrogens with zero attached hydrogens (tertiary/aromatic N) is 3. The van der Waals surface area contributed by atoms with Gasteiger partial charge < -0.3 is 10.6 Å². The van der Waals surface area contributed by atoms with Crippen LogP contribution in [-0.2, 0) is 0 Å². The molecule has 0 radical (unpaired) electrons. The molecule has 5 nitrogen and oxygen atoms in total. The number of para-hydroxylation sites is 1. The van der Waals surface area contributed by atoms with Gasteiger partial charge in [-0.15, -0.1) is 0 Å². The monoisotopic (exact) mass is 323 g/mol. The lowest BCUT2D eigenvalue weighted by Crippen LogP contribution is -2.02. The van der Waals surface area contributed by atoms with Gasteiger partial charge in [0.05, 0.1) is 16.9 Å². The van der Waals surface area contributed by atoms with Gasteiger partial charge in [0.1, 0.15) is 23.5 Å². The van der Waals surface area contributed by atoms with E-state index >= 15 is 0 Å². The summed E-state index contributed by atoms with van der Waals surface area (Å²) in [5, 5.41) is 14.8. The van der Waals surface area contributed by atoms with Gasteiger partial charge in [-0.25, -0.2) is 13.8 Å². The van der Waals surface area contributed by atoms with Crippen molar-refractivity contribution in [2.24, 2.45) is 0 Å². The first-order valence-corrected chi connectivity index (χ1v) is 6.97. The zero-order valence-electron chi connectivity index (χ0n) is 12.3. The van der Waals surface area contributed by atoms with E-state index in [0.29, 0.717) is 17.1 Å². The normalized spacial score (nSPS) is 10.0. The molecule has 0 saturated carbocycles. The Hall–Kier alpha value is -3.53. The van der Waals surface area contributed by atoms with E-state index in [-0.39, 0.29) is 11.6 Å². The van der Waals surface area contributed by atoms with Crippen LogP contribution in [0.4, 0.5) is 31.9 Å². The Balaban J connectivity index is 1.83. The van der Waals surface area contributed by atoms with Crippen molar-refractivity contribution < 1.29 is 8.78 Å². The number of nitrogens with one attached hydrogen (secondary N) is 2. The van der Waals surface area contributed by atoms with Crippen LogP contribution in [-0.4, -0.2) is 9.97 Å². The minimum absolute atomic E-state index is 0.0611. The first-order chi connectivity index (χ1) is 11.7. The zero-order valence-corrected chi connectivity index (χ0v) is 12.3. The average Bonchev–Trinajstić information content (AvgIpc) is 2.58. The van der Waals surface area contributed by atoms with Gasteiger partial charge in [0, 0.05) is 12.3 Å². The van der Waals surface area contributed by atoms with Crippen molar-refractivity contribution in [3.8, 4) is 6.07 Å². The third kappa shape index (κ3) is 3.44. The molecule has 1 aromatic heterocycles. The Morgan fingerprint density at radius 3 is 2.58 bits per heavy atom. The fourth-order valence-corrected chi connectivity index (χ4v) is 2.03. The summed E-state index contributed by atoms with van der Waals surface area (Å²) in [6, 6.07) is 13.8. The van der Waals surface area contributed by atoms with E-state index < -0.39 is 11.6 Å². The van der Waals surface area contributed by atoms with Crippen molar-refractivity contribution in [3.05, 3.63) is 71.9 Å². The Labute approximate surface area is 136 Å². The maximum absolute atomic E-state index is 13.7. The minimum atomic E-state index is -0.744. The highest BCUT2D eigenvalue weighted by atomic mass is 19.1. The molecule has 118 valence electrons. The van der Waals surface area contributed by atoms with Crippen LogP contribution in [0.1, 0.15) is 5.56 Å². The molecule has 0 bridgehead atoms. The summed E-state index contributed by atoms with van der Waals surface area (Å²) in [4.78, 5) is 8.19. The van der Waals surface area contributed by atoms with Crippen LogP contribution in [0, 0.1) is 23.0 Å². The van der Waals surface area contributed by atoms with Crippen LogP contribution < -0.4 is 10.6 Å². The number of hydrogen-bond acceptors (Lipinski definition) is 5. The maximum atomic E-state index is 13.7. The van der Waals surface area contributed by atoms with Crippen LogP contribution in [0.2, 0.25) is 0 Å². The fourth-order valence-electron chi connectivity index (χ4n) is 2.03. The van der Waals surface area contributed by atoms with E-state index in [1.807, 2.05) is 0 Å². The predicted octanol–water partition coefficient (Wildman–Crippen LogP) is 4.11. The highest BCUT2D eigenvalue weighted by molar-refractivity contribution is 5.65. The second kappa shape index (κ2) is 6.71. The van der Waals surface area contributed by atoms with Gasteiger partial charge in [0.2, 0.25) is 5.95 Å². The highest BCUT2D eigenvalue weighted by Gasteiger charge is 2.07. The number of aromatic nitrogens is 2. The number of benzene rings is 2. The van der Waals surface area contributed by atoms with Crippen LogP contribution in [0.15, 0.2) is 54.7 Å². The summed E-state index contributed by atoms with van der Waals surface area (Å²) < 4.78 is 26.6. The second-order valence-electron chi connectivity index (χ2n) is 4.80. The molecule has 7 heteroatoms. The molecular weight excluding hydrogens is 312 g/mol. The Bertz CT molecular complexity index is 921. The van der Waals surface area contributed by atoms with Gasteiger partial charge >= 0.3 is 0 Å². The predicted molar refractivity (Wildman–Crippen MR) is 86.1 cm³/mol. The minimum Gasteiger partial charge on any atom is -0.339 e. The van der Waals surface area contributed by atoms with Crippen LogP contribution in [0.25, 0.3) is 0 Å². The zero-order chi connectivity index (χ0) is 16.9. The van der Waals surface area contributed by atoms with Crippen LogP contribution >= 0.6 is 0 Å². The van der Waals surface area contributed by atoms with E-state index in [1.165, 1.54) is 12.3 Å². The first-order valence-electron chi connectivity index (χ1n) is 6.97. The third-order valence-corrected chi connectivity index (χ3v) is 3.14. The number of rotatable bonds is 4.